The molecule has 0 saturated heterocycles. The summed E-state index contributed by atoms with van der Waals surface area (Å²) in [6, 6.07) is 6.26. The maximum Gasteiger partial charge on any atom is 0.276 e. The predicted molar refractivity (Wildman–Crippen MR) is 88.8 cm³/mol. The standard InChI is InChI=1S/C15H21N3OS.ClH/c1-9(2)13(16)14-17-18-15(19-14)20-8-12-7-10(3)5-6-11(12)4;/h5-7,9,13H,8,16H2,1-4H3;1H. The van der Waals surface area contributed by atoms with E-state index in [0.29, 0.717) is 11.1 Å². The number of hydrogen-bond donors (Lipinski definition) is 1. The smallest absolute Gasteiger partial charge is 0.276 e. The first kappa shape index (κ1) is 18.0. The minimum atomic E-state index is -0.197. The average molecular weight is 328 g/mol. The van der Waals surface area contributed by atoms with Gasteiger partial charge in [0.05, 0.1) is 6.04 Å². The van der Waals surface area contributed by atoms with E-state index >= 15 is 0 Å². The average Bonchev–Trinajstić information content (AvgIpc) is 2.87. The van der Waals surface area contributed by atoms with E-state index in [2.05, 4.69) is 42.2 Å². The van der Waals surface area contributed by atoms with Gasteiger partial charge in [0.1, 0.15) is 0 Å². The maximum absolute atomic E-state index is 6.00. The topological polar surface area (TPSA) is 64.9 Å². The molecule has 1 heterocycles. The van der Waals surface area contributed by atoms with E-state index in [1.807, 2.05) is 13.8 Å². The Hall–Kier alpha value is -1.04. The van der Waals surface area contributed by atoms with Crippen LogP contribution in [0.1, 0.15) is 42.5 Å². The largest absolute Gasteiger partial charge is 0.414 e. The molecule has 0 amide bonds. The second kappa shape index (κ2) is 7.82. The third kappa shape index (κ3) is 4.73. The molecule has 1 aromatic carbocycles. The van der Waals surface area contributed by atoms with Crippen LogP contribution in [-0.4, -0.2) is 10.2 Å². The molecule has 0 aliphatic carbocycles. The first-order valence-electron chi connectivity index (χ1n) is 6.75. The van der Waals surface area contributed by atoms with Crippen molar-refractivity contribution in [3.63, 3.8) is 0 Å². The van der Waals surface area contributed by atoms with Gasteiger partial charge in [0.25, 0.3) is 5.22 Å². The Kier molecular flexibility index (Phi) is 6.71. The Bertz CT molecular complexity index is 586. The van der Waals surface area contributed by atoms with E-state index in [0.717, 1.165) is 5.75 Å². The molecule has 0 saturated carbocycles. The van der Waals surface area contributed by atoms with Crippen LogP contribution in [0.25, 0.3) is 0 Å². The van der Waals surface area contributed by atoms with Gasteiger partial charge in [0.15, 0.2) is 0 Å². The number of aromatic nitrogens is 2. The van der Waals surface area contributed by atoms with E-state index < -0.39 is 0 Å². The molecule has 6 heteroatoms. The Labute approximate surface area is 136 Å². The van der Waals surface area contributed by atoms with Crippen molar-refractivity contribution in [1.29, 1.82) is 0 Å². The van der Waals surface area contributed by atoms with E-state index in [1.165, 1.54) is 16.7 Å². The van der Waals surface area contributed by atoms with Crippen LogP contribution in [0.4, 0.5) is 0 Å². The number of benzene rings is 1. The van der Waals surface area contributed by atoms with Crippen LogP contribution in [0.3, 0.4) is 0 Å². The van der Waals surface area contributed by atoms with Gasteiger partial charge in [-0.15, -0.1) is 22.6 Å². The lowest BCUT2D eigenvalue weighted by atomic mass is 10.1. The summed E-state index contributed by atoms with van der Waals surface area (Å²) in [6.45, 7) is 8.29. The molecule has 0 radical (unpaired) electrons. The molecule has 2 aromatic rings. The number of nitrogens with two attached hydrogens (primary N) is 1. The van der Waals surface area contributed by atoms with Gasteiger partial charge in [-0.2, -0.15) is 0 Å². The second-order valence-electron chi connectivity index (χ2n) is 5.39. The Morgan fingerprint density at radius 3 is 2.62 bits per heavy atom. The second-order valence-corrected chi connectivity index (χ2v) is 6.32. The van der Waals surface area contributed by atoms with Crippen LogP contribution < -0.4 is 5.73 Å². The maximum atomic E-state index is 6.00. The molecular formula is C15H22ClN3OS. The van der Waals surface area contributed by atoms with Crippen molar-refractivity contribution in [2.24, 2.45) is 11.7 Å². The van der Waals surface area contributed by atoms with Gasteiger partial charge in [-0.3, -0.25) is 0 Å². The molecule has 4 nitrogen and oxygen atoms in total. The minimum absolute atomic E-state index is 0. The van der Waals surface area contributed by atoms with Crippen LogP contribution in [0.15, 0.2) is 27.8 Å². The summed E-state index contributed by atoms with van der Waals surface area (Å²) in [5.41, 5.74) is 9.83. The van der Waals surface area contributed by atoms with Crippen molar-refractivity contribution in [3.05, 3.63) is 40.8 Å². The molecule has 0 aliphatic rings. The number of hydrogen-bond acceptors (Lipinski definition) is 5. The number of halogens is 1. The summed E-state index contributed by atoms with van der Waals surface area (Å²) in [6.07, 6.45) is 0. The summed E-state index contributed by atoms with van der Waals surface area (Å²) in [4.78, 5) is 0. The Morgan fingerprint density at radius 2 is 1.95 bits per heavy atom. The minimum Gasteiger partial charge on any atom is -0.414 e. The van der Waals surface area contributed by atoms with Crippen molar-refractivity contribution in [2.75, 3.05) is 0 Å². The third-order valence-electron chi connectivity index (χ3n) is 3.28. The number of aryl methyl sites for hydroxylation is 2. The van der Waals surface area contributed by atoms with Gasteiger partial charge in [-0.1, -0.05) is 49.4 Å². The van der Waals surface area contributed by atoms with E-state index in [-0.39, 0.29) is 24.4 Å². The fraction of sp³-hybridized carbons (Fsp3) is 0.467. The molecule has 2 rings (SSSR count). The molecule has 1 aromatic heterocycles. The highest BCUT2D eigenvalue weighted by atomic mass is 35.5. The molecule has 1 unspecified atom stereocenters. The molecule has 1 atom stereocenters. The molecular weight excluding hydrogens is 306 g/mol. The summed E-state index contributed by atoms with van der Waals surface area (Å²) >= 11 is 1.55. The number of thioether (sulfide) groups is 1. The molecule has 0 spiro atoms. The highest BCUT2D eigenvalue weighted by molar-refractivity contribution is 7.98. The number of nitrogens with zero attached hydrogens (tertiary/aromatic N) is 2. The van der Waals surface area contributed by atoms with Gasteiger partial charge in [0.2, 0.25) is 5.89 Å². The van der Waals surface area contributed by atoms with E-state index in [1.54, 1.807) is 11.8 Å². The normalized spacial score (nSPS) is 12.3. The fourth-order valence-electron chi connectivity index (χ4n) is 1.79. The Balaban J connectivity index is 0.00000220. The first-order valence-corrected chi connectivity index (χ1v) is 7.74. The number of rotatable bonds is 5. The fourth-order valence-corrected chi connectivity index (χ4v) is 2.63. The van der Waals surface area contributed by atoms with Crippen LogP contribution in [0.2, 0.25) is 0 Å². The Morgan fingerprint density at radius 1 is 1.24 bits per heavy atom. The SMILES string of the molecule is Cc1ccc(C)c(CSc2nnc(C(N)C(C)C)o2)c1.Cl. The van der Waals surface area contributed by atoms with Crippen molar-refractivity contribution in [1.82, 2.24) is 10.2 Å². The lowest BCUT2D eigenvalue weighted by molar-refractivity contribution is 0.349. The van der Waals surface area contributed by atoms with Gasteiger partial charge in [0, 0.05) is 5.75 Å². The van der Waals surface area contributed by atoms with Crippen LogP contribution in [0.5, 0.6) is 0 Å². The zero-order chi connectivity index (χ0) is 14.7. The molecule has 21 heavy (non-hydrogen) atoms. The summed E-state index contributed by atoms with van der Waals surface area (Å²) in [5.74, 6) is 1.63. The van der Waals surface area contributed by atoms with Crippen LogP contribution in [-0.2, 0) is 5.75 Å². The lowest BCUT2D eigenvalue weighted by Gasteiger charge is -2.09. The molecule has 0 bridgehead atoms. The summed E-state index contributed by atoms with van der Waals surface area (Å²) < 4.78 is 5.61. The lowest BCUT2D eigenvalue weighted by Crippen LogP contribution is -2.16. The van der Waals surface area contributed by atoms with Gasteiger partial charge in [-0.05, 0) is 30.9 Å². The quantitative estimate of drug-likeness (QED) is 0.839. The van der Waals surface area contributed by atoms with Gasteiger partial charge < -0.3 is 10.2 Å². The van der Waals surface area contributed by atoms with Gasteiger partial charge in [-0.25, -0.2) is 0 Å². The highest BCUT2D eigenvalue weighted by Crippen LogP contribution is 2.26. The first-order chi connectivity index (χ1) is 9.47. The van der Waals surface area contributed by atoms with E-state index in [9.17, 15) is 0 Å². The van der Waals surface area contributed by atoms with Crippen molar-refractivity contribution in [3.8, 4) is 0 Å². The van der Waals surface area contributed by atoms with Gasteiger partial charge >= 0.3 is 0 Å². The third-order valence-corrected chi connectivity index (χ3v) is 4.15. The van der Waals surface area contributed by atoms with Crippen molar-refractivity contribution < 1.29 is 4.42 Å². The van der Waals surface area contributed by atoms with Crippen molar-refractivity contribution in [2.45, 2.75) is 44.7 Å². The zero-order valence-electron chi connectivity index (χ0n) is 12.8. The van der Waals surface area contributed by atoms with E-state index in [4.69, 9.17) is 10.2 Å². The predicted octanol–water partition coefficient (Wildman–Crippen LogP) is 4.06. The van der Waals surface area contributed by atoms with Crippen molar-refractivity contribution >= 4 is 24.2 Å². The summed E-state index contributed by atoms with van der Waals surface area (Å²) in [5, 5.41) is 8.66. The highest BCUT2D eigenvalue weighted by Gasteiger charge is 2.18. The summed E-state index contributed by atoms with van der Waals surface area (Å²) in [7, 11) is 0. The monoisotopic (exact) mass is 327 g/mol. The zero-order valence-corrected chi connectivity index (χ0v) is 14.4. The molecule has 116 valence electrons. The van der Waals surface area contributed by atoms with Crippen LogP contribution >= 0.6 is 24.2 Å². The molecule has 0 aliphatic heterocycles. The molecule has 2 N–H and O–H groups in total. The van der Waals surface area contributed by atoms with Crippen LogP contribution in [0, 0.1) is 19.8 Å². The molecule has 0 fully saturated rings.